The number of hydrogen-bond donors (Lipinski definition) is 1. The lowest BCUT2D eigenvalue weighted by atomic mass is 10.2. The van der Waals surface area contributed by atoms with Gasteiger partial charge in [-0.1, -0.05) is 42.3 Å². The van der Waals surface area contributed by atoms with Crippen molar-refractivity contribution in [1.29, 1.82) is 0 Å². The van der Waals surface area contributed by atoms with Crippen LogP contribution in [-0.2, 0) is 0 Å². The van der Waals surface area contributed by atoms with Gasteiger partial charge in [0.2, 0.25) is 0 Å². The van der Waals surface area contributed by atoms with Crippen molar-refractivity contribution in [1.82, 2.24) is 5.32 Å². The van der Waals surface area contributed by atoms with Crippen molar-refractivity contribution in [2.24, 2.45) is 0 Å². The largest absolute Gasteiger partial charge is 0.310 e. The Morgan fingerprint density at radius 3 is 2.72 bits per heavy atom. The number of nitrogens with one attached hydrogen (secondary N) is 1. The van der Waals surface area contributed by atoms with Crippen molar-refractivity contribution in [3.05, 3.63) is 45.3 Å². The summed E-state index contributed by atoms with van der Waals surface area (Å²) in [5.74, 6) is 0. The van der Waals surface area contributed by atoms with E-state index in [-0.39, 0.29) is 0 Å². The Kier molecular flexibility index (Phi) is 4.68. The second-order valence-corrected chi connectivity index (χ2v) is 5.98. The average Bonchev–Trinajstić information content (AvgIpc) is 2.82. The molecular weight excluding hydrogens is 285 g/mol. The molecule has 4 heteroatoms. The SMILES string of the molecule is CCNC(C)c1ccc(-c2cccc(Cl)c2Cl)s1. The van der Waals surface area contributed by atoms with Gasteiger partial charge in [-0.25, -0.2) is 0 Å². The maximum Gasteiger partial charge on any atom is 0.0678 e. The average molecular weight is 300 g/mol. The summed E-state index contributed by atoms with van der Waals surface area (Å²) in [6.07, 6.45) is 0. The fourth-order valence-electron chi connectivity index (χ4n) is 1.83. The minimum Gasteiger partial charge on any atom is -0.310 e. The maximum atomic E-state index is 6.24. The Balaban J connectivity index is 2.32. The van der Waals surface area contributed by atoms with E-state index in [1.807, 2.05) is 18.2 Å². The van der Waals surface area contributed by atoms with E-state index >= 15 is 0 Å². The summed E-state index contributed by atoms with van der Waals surface area (Å²) in [4.78, 5) is 2.46. The first-order valence-electron chi connectivity index (χ1n) is 5.91. The highest BCUT2D eigenvalue weighted by molar-refractivity contribution is 7.15. The molecule has 2 aromatic rings. The molecule has 0 bridgehead atoms. The second-order valence-electron chi connectivity index (χ2n) is 4.08. The molecular formula is C14H15Cl2NS. The molecule has 0 spiro atoms. The third kappa shape index (κ3) is 2.89. The van der Waals surface area contributed by atoms with Gasteiger partial charge in [-0.15, -0.1) is 11.3 Å². The Hall–Kier alpha value is -0.540. The molecule has 0 aliphatic carbocycles. The fourth-order valence-corrected chi connectivity index (χ4v) is 3.36. The summed E-state index contributed by atoms with van der Waals surface area (Å²) in [6, 6.07) is 10.4. The molecule has 2 rings (SSSR count). The van der Waals surface area contributed by atoms with E-state index in [0.29, 0.717) is 16.1 Å². The summed E-state index contributed by atoms with van der Waals surface area (Å²) in [6.45, 7) is 5.24. The van der Waals surface area contributed by atoms with Gasteiger partial charge in [-0.2, -0.15) is 0 Å². The molecule has 1 N–H and O–H groups in total. The van der Waals surface area contributed by atoms with Crippen molar-refractivity contribution in [2.75, 3.05) is 6.54 Å². The van der Waals surface area contributed by atoms with Crippen LogP contribution in [0.15, 0.2) is 30.3 Å². The quantitative estimate of drug-likeness (QED) is 0.798. The number of thiophene rings is 1. The Bertz CT molecular complexity index is 536. The van der Waals surface area contributed by atoms with Crippen LogP contribution in [0.4, 0.5) is 0 Å². The summed E-state index contributed by atoms with van der Waals surface area (Å²) in [7, 11) is 0. The van der Waals surface area contributed by atoms with Crippen LogP contribution in [0, 0.1) is 0 Å². The molecule has 18 heavy (non-hydrogen) atoms. The molecule has 96 valence electrons. The minimum absolute atomic E-state index is 0.367. The lowest BCUT2D eigenvalue weighted by Crippen LogP contribution is -2.16. The number of rotatable bonds is 4. The second kappa shape index (κ2) is 6.07. The highest BCUT2D eigenvalue weighted by atomic mass is 35.5. The lowest BCUT2D eigenvalue weighted by Gasteiger charge is -2.09. The van der Waals surface area contributed by atoms with Crippen LogP contribution in [0.3, 0.4) is 0 Å². The summed E-state index contributed by atoms with van der Waals surface area (Å²) in [5, 5.41) is 4.63. The van der Waals surface area contributed by atoms with Crippen molar-refractivity contribution in [2.45, 2.75) is 19.9 Å². The molecule has 0 amide bonds. The smallest absolute Gasteiger partial charge is 0.0678 e. The monoisotopic (exact) mass is 299 g/mol. The van der Waals surface area contributed by atoms with E-state index in [1.54, 1.807) is 11.3 Å². The molecule has 0 fully saturated rings. The zero-order valence-electron chi connectivity index (χ0n) is 10.3. The van der Waals surface area contributed by atoms with Crippen LogP contribution in [0.1, 0.15) is 24.8 Å². The summed E-state index contributed by atoms with van der Waals surface area (Å²) in [5.41, 5.74) is 1.00. The Morgan fingerprint density at radius 2 is 2.00 bits per heavy atom. The maximum absolute atomic E-state index is 6.24. The molecule has 1 unspecified atom stereocenters. The highest BCUT2D eigenvalue weighted by Crippen LogP contribution is 2.38. The van der Waals surface area contributed by atoms with Gasteiger partial charge in [-0.05, 0) is 31.7 Å². The molecule has 1 atom stereocenters. The van der Waals surface area contributed by atoms with E-state index in [4.69, 9.17) is 23.2 Å². The van der Waals surface area contributed by atoms with Gasteiger partial charge in [0.25, 0.3) is 0 Å². The topological polar surface area (TPSA) is 12.0 Å². The van der Waals surface area contributed by atoms with E-state index in [1.165, 1.54) is 4.88 Å². The minimum atomic E-state index is 0.367. The van der Waals surface area contributed by atoms with Gasteiger partial charge in [0.05, 0.1) is 10.0 Å². The van der Waals surface area contributed by atoms with Crippen molar-refractivity contribution in [3.63, 3.8) is 0 Å². The highest BCUT2D eigenvalue weighted by Gasteiger charge is 2.12. The van der Waals surface area contributed by atoms with E-state index in [9.17, 15) is 0 Å². The van der Waals surface area contributed by atoms with Gasteiger partial charge >= 0.3 is 0 Å². The molecule has 0 radical (unpaired) electrons. The first kappa shape index (κ1) is 13.9. The van der Waals surface area contributed by atoms with Gasteiger partial charge in [0.1, 0.15) is 0 Å². The Labute approximate surface area is 122 Å². The zero-order chi connectivity index (χ0) is 13.1. The molecule has 0 saturated heterocycles. The van der Waals surface area contributed by atoms with Gasteiger partial charge in [0, 0.05) is 21.4 Å². The predicted octanol–water partition coefficient (Wildman–Crippen LogP) is 5.39. The van der Waals surface area contributed by atoms with Crippen LogP contribution in [0.2, 0.25) is 10.0 Å². The molecule has 0 saturated carbocycles. The standard InChI is InChI=1S/C14H15Cl2NS/c1-3-17-9(2)12-7-8-13(18-12)10-5-4-6-11(15)14(10)16/h4-9,17H,3H2,1-2H3. The number of benzene rings is 1. The van der Waals surface area contributed by atoms with Crippen molar-refractivity contribution in [3.8, 4) is 10.4 Å². The predicted molar refractivity (Wildman–Crippen MR) is 81.9 cm³/mol. The van der Waals surface area contributed by atoms with Gasteiger partial charge in [-0.3, -0.25) is 0 Å². The molecule has 0 aliphatic heterocycles. The zero-order valence-corrected chi connectivity index (χ0v) is 12.7. The third-order valence-electron chi connectivity index (χ3n) is 2.78. The van der Waals surface area contributed by atoms with E-state index in [0.717, 1.165) is 17.0 Å². The summed E-state index contributed by atoms with van der Waals surface area (Å²) < 4.78 is 0. The molecule has 1 aromatic heterocycles. The molecule has 1 heterocycles. The first-order chi connectivity index (χ1) is 8.63. The summed E-state index contributed by atoms with van der Waals surface area (Å²) >= 11 is 14.0. The normalized spacial score (nSPS) is 12.7. The van der Waals surface area contributed by atoms with Gasteiger partial charge < -0.3 is 5.32 Å². The van der Waals surface area contributed by atoms with E-state index in [2.05, 4.69) is 31.3 Å². The van der Waals surface area contributed by atoms with Crippen LogP contribution in [-0.4, -0.2) is 6.54 Å². The van der Waals surface area contributed by atoms with Gasteiger partial charge in [0.15, 0.2) is 0 Å². The Morgan fingerprint density at radius 1 is 1.22 bits per heavy atom. The van der Waals surface area contributed by atoms with Crippen molar-refractivity contribution >= 4 is 34.5 Å². The molecule has 0 aliphatic rings. The number of hydrogen-bond acceptors (Lipinski definition) is 2. The fraction of sp³-hybridized carbons (Fsp3) is 0.286. The van der Waals surface area contributed by atoms with E-state index < -0.39 is 0 Å². The van der Waals surface area contributed by atoms with Crippen molar-refractivity contribution < 1.29 is 0 Å². The van der Waals surface area contributed by atoms with Crippen LogP contribution in [0.5, 0.6) is 0 Å². The molecule has 1 nitrogen and oxygen atoms in total. The molecule has 1 aromatic carbocycles. The van der Waals surface area contributed by atoms with Crippen LogP contribution in [0.25, 0.3) is 10.4 Å². The van der Waals surface area contributed by atoms with Crippen LogP contribution < -0.4 is 5.32 Å². The number of halogens is 2. The lowest BCUT2D eigenvalue weighted by molar-refractivity contribution is 0.607. The van der Waals surface area contributed by atoms with Crippen LogP contribution >= 0.6 is 34.5 Å². The first-order valence-corrected chi connectivity index (χ1v) is 7.48. The third-order valence-corrected chi connectivity index (χ3v) is 4.90.